The number of anilines is 1. The maximum absolute atomic E-state index is 12.9. The second-order valence-electron chi connectivity index (χ2n) is 6.74. The van der Waals surface area contributed by atoms with Crippen LogP contribution in [-0.2, 0) is 16.4 Å². The summed E-state index contributed by atoms with van der Waals surface area (Å²) in [5.74, 6) is -0.0614. The highest BCUT2D eigenvalue weighted by Gasteiger charge is 2.30. The van der Waals surface area contributed by atoms with Crippen LogP contribution in [-0.4, -0.2) is 36.9 Å². The summed E-state index contributed by atoms with van der Waals surface area (Å²) in [6.45, 7) is 0. The quantitative estimate of drug-likeness (QED) is 0.574. The average molecular weight is 443 g/mol. The van der Waals surface area contributed by atoms with E-state index in [0.29, 0.717) is 21.8 Å². The van der Waals surface area contributed by atoms with Crippen LogP contribution in [0.1, 0.15) is 29.9 Å². The highest BCUT2D eigenvalue weighted by Crippen LogP contribution is 2.46. The molecule has 0 aliphatic heterocycles. The van der Waals surface area contributed by atoms with Gasteiger partial charge in [0.25, 0.3) is 10.0 Å². The zero-order valence-corrected chi connectivity index (χ0v) is 16.8. The van der Waals surface area contributed by atoms with Crippen molar-refractivity contribution in [3.63, 3.8) is 0 Å². The van der Waals surface area contributed by atoms with Crippen LogP contribution in [0.15, 0.2) is 29.4 Å². The van der Waals surface area contributed by atoms with Crippen molar-refractivity contribution in [1.82, 2.24) is 15.0 Å². The molecule has 2 heterocycles. The van der Waals surface area contributed by atoms with Gasteiger partial charge in [-0.1, -0.05) is 11.6 Å². The summed E-state index contributed by atoms with van der Waals surface area (Å²) in [4.78, 5) is 10.8. The Balaban J connectivity index is 1.69. The number of aromatic nitrogens is 3. The average Bonchev–Trinajstić information content (AvgIpc) is 3.39. The number of sulfonamides is 1. The fourth-order valence-electron chi connectivity index (χ4n) is 3.26. The number of alkyl halides is 2. The van der Waals surface area contributed by atoms with E-state index in [0.717, 1.165) is 24.6 Å². The van der Waals surface area contributed by atoms with Gasteiger partial charge in [0.15, 0.2) is 0 Å². The molecule has 2 N–H and O–H groups in total. The van der Waals surface area contributed by atoms with Crippen LogP contribution in [0.25, 0.3) is 10.9 Å². The molecule has 29 heavy (non-hydrogen) atoms. The minimum absolute atomic E-state index is 0.0188. The van der Waals surface area contributed by atoms with E-state index >= 15 is 0 Å². The Bertz CT molecular complexity index is 1180. The van der Waals surface area contributed by atoms with Gasteiger partial charge in [-0.3, -0.25) is 0 Å². The van der Waals surface area contributed by atoms with Crippen molar-refractivity contribution in [2.75, 3.05) is 11.8 Å². The van der Waals surface area contributed by atoms with Gasteiger partial charge in [0, 0.05) is 34.8 Å². The van der Waals surface area contributed by atoms with Crippen LogP contribution < -0.4 is 9.46 Å². The molecule has 0 saturated heterocycles. The topological polar surface area (TPSA) is 97.0 Å². The highest BCUT2D eigenvalue weighted by molar-refractivity contribution is 7.93. The molecule has 1 saturated carbocycles. The number of rotatable bonds is 7. The Morgan fingerprint density at radius 3 is 2.79 bits per heavy atom. The zero-order valence-electron chi connectivity index (χ0n) is 15.2. The van der Waals surface area contributed by atoms with E-state index in [1.54, 1.807) is 12.1 Å². The van der Waals surface area contributed by atoms with Crippen LogP contribution >= 0.6 is 11.6 Å². The third-order valence-corrected chi connectivity index (χ3v) is 6.40. The summed E-state index contributed by atoms with van der Waals surface area (Å²) in [7, 11) is -2.78. The van der Waals surface area contributed by atoms with Gasteiger partial charge >= 0.3 is 0 Å². The van der Waals surface area contributed by atoms with Crippen LogP contribution in [0.3, 0.4) is 0 Å². The number of H-pyrrole nitrogens is 1. The van der Waals surface area contributed by atoms with Crippen LogP contribution in [0.5, 0.6) is 5.88 Å². The molecule has 11 heteroatoms. The van der Waals surface area contributed by atoms with Crippen LogP contribution in [0, 0.1) is 0 Å². The summed E-state index contributed by atoms with van der Waals surface area (Å²) in [6.07, 6.45) is 1.33. The van der Waals surface area contributed by atoms with E-state index in [9.17, 15) is 17.2 Å². The predicted molar refractivity (Wildman–Crippen MR) is 104 cm³/mol. The number of halogens is 3. The van der Waals surface area contributed by atoms with E-state index < -0.39 is 22.9 Å². The van der Waals surface area contributed by atoms with Gasteiger partial charge in [0.05, 0.1) is 12.6 Å². The molecule has 154 valence electrons. The van der Waals surface area contributed by atoms with Crippen molar-refractivity contribution in [3.8, 4) is 5.88 Å². The molecule has 0 spiro atoms. The number of ether oxygens (including phenoxy) is 1. The second-order valence-corrected chi connectivity index (χ2v) is 8.80. The van der Waals surface area contributed by atoms with Gasteiger partial charge in [0.2, 0.25) is 18.3 Å². The van der Waals surface area contributed by atoms with E-state index in [4.69, 9.17) is 16.3 Å². The van der Waals surface area contributed by atoms with Crippen molar-refractivity contribution in [3.05, 3.63) is 40.7 Å². The first-order valence-corrected chi connectivity index (χ1v) is 10.7. The molecular formula is C18H17ClF2N4O3S. The van der Waals surface area contributed by atoms with Crippen LogP contribution in [0.4, 0.5) is 14.7 Å². The molecule has 0 bridgehead atoms. The maximum Gasteiger partial charge on any atom is 0.266 e. The van der Waals surface area contributed by atoms with Crippen molar-refractivity contribution < 1.29 is 21.9 Å². The number of hydrogen-bond donors (Lipinski definition) is 2. The first-order chi connectivity index (χ1) is 13.8. The fourth-order valence-corrected chi connectivity index (χ4v) is 4.70. The Kier molecular flexibility index (Phi) is 5.07. The summed E-state index contributed by atoms with van der Waals surface area (Å²) < 4.78 is 58.4. The van der Waals surface area contributed by atoms with Gasteiger partial charge in [0.1, 0.15) is 4.90 Å². The monoisotopic (exact) mass is 442 g/mol. The number of fused-ring (bicyclic) bond motifs is 1. The molecule has 2 aromatic heterocycles. The molecule has 1 fully saturated rings. The summed E-state index contributed by atoms with van der Waals surface area (Å²) >= 11 is 6.30. The first kappa shape index (κ1) is 19.8. The number of hydrogen-bond acceptors (Lipinski definition) is 5. The number of benzene rings is 1. The lowest BCUT2D eigenvalue weighted by molar-refractivity contribution is 0.147. The normalized spacial score (nSPS) is 14.5. The molecule has 0 atom stereocenters. The van der Waals surface area contributed by atoms with E-state index in [2.05, 4.69) is 19.7 Å². The molecule has 7 nitrogen and oxygen atoms in total. The molecule has 1 aromatic carbocycles. The van der Waals surface area contributed by atoms with Crippen molar-refractivity contribution >= 4 is 38.5 Å². The van der Waals surface area contributed by atoms with Gasteiger partial charge in [-0.15, -0.1) is 0 Å². The zero-order chi connectivity index (χ0) is 20.8. The van der Waals surface area contributed by atoms with Gasteiger partial charge in [-0.2, -0.15) is 4.98 Å². The Morgan fingerprint density at radius 1 is 1.38 bits per heavy atom. The highest BCUT2D eigenvalue weighted by atomic mass is 35.5. The third kappa shape index (κ3) is 3.86. The predicted octanol–water partition coefficient (Wildman–Crippen LogP) is 4.11. The third-order valence-electron chi connectivity index (χ3n) is 4.70. The first-order valence-electron chi connectivity index (χ1n) is 8.80. The molecule has 0 amide bonds. The van der Waals surface area contributed by atoms with E-state index in [1.165, 1.54) is 13.3 Å². The second kappa shape index (κ2) is 7.42. The lowest BCUT2D eigenvalue weighted by atomic mass is 10.1. The Labute approximate surface area is 170 Å². The summed E-state index contributed by atoms with van der Waals surface area (Å²) in [5.41, 5.74) is 1.69. The minimum atomic E-state index is -4.05. The molecule has 1 aliphatic carbocycles. The van der Waals surface area contributed by atoms with Gasteiger partial charge in [-0.05, 0) is 36.5 Å². The van der Waals surface area contributed by atoms with Gasteiger partial charge < -0.3 is 9.72 Å². The summed E-state index contributed by atoms with van der Waals surface area (Å²) in [5, 5.41) is 1.10. The minimum Gasteiger partial charge on any atom is -0.481 e. The number of nitrogens with one attached hydrogen (secondary N) is 2. The van der Waals surface area contributed by atoms with Crippen LogP contribution in [0.2, 0.25) is 5.02 Å². The fraction of sp³-hybridized carbons (Fsp3) is 0.333. The van der Waals surface area contributed by atoms with Crippen molar-refractivity contribution in [2.45, 2.75) is 36.5 Å². The molecule has 0 unspecified atom stereocenters. The SMILES string of the molecule is COc1nc(NS(=O)(=O)c2c[nH]c3c(C4CC4)c(Cl)ccc23)ncc1CC(F)F. The van der Waals surface area contributed by atoms with E-state index in [-0.39, 0.29) is 22.3 Å². The van der Waals surface area contributed by atoms with E-state index in [1.807, 2.05) is 0 Å². The summed E-state index contributed by atoms with van der Waals surface area (Å²) in [6, 6.07) is 3.32. The number of methoxy groups -OCH3 is 1. The lowest BCUT2D eigenvalue weighted by Crippen LogP contribution is -2.15. The smallest absolute Gasteiger partial charge is 0.266 e. The standard InChI is InChI=1S/C18H17ClF2N4O3S/c1-28-17-10(6-14(20)21)7-23-18(24-17)25-29(26,27)13-8-22-16-11(13)4-5-12(19)15(16)9-2-3-9/h4-5,7-9,14,22H,2-3,6H2,1H3,(H,23,24,25). The molecule has 1 aliphatic rings. The van der Waals surface area contributed by atoms with Crippen molar-refractivity contribution in [1.29, 1.82) is 0 Å². The molecule has 3 aromatic rings. The van der Waals surface area contributed by atoms with Gasteiger partial charge in [-0.25, -0.2) is 26.9 Å². The maximum atomic E-state index is 12.9. The largest absolute Gasteiger partial charge is 0.481 e. The Hall–Kier alpha value is -2.46. The Morgan fingerprint density at radius 2 is 2.14 bits per heavy atom. The number of nitrogens with zero attached hydrogens (tertiary/aromatic N) is 2. The number of aromatic amines is 1. The molecular weight excluding hydrogens is 426 g/mol. The molecule has 0 radical (unpaired) electrons. The lowest BCUT2D eigenvalue weighted by Gasteiger charge is -2.10. The van der Waals surface area contributed by atoms with Crippen molar-refractivity contribution in [2.24, 2.45) is 0 Å². The molecule has 4 rings (SSSR count).